The third-order valence-corrected chi connectivity index (χ3v) is 3.91. The van der Waals surface area contributed by atoms with Crippen molar-refractivity contribution >= 4 is 5.97 Å². The van der Waals surface area contributed by atoms with Gasteiger partial charge in [0.2, 0.25) is 0 Å². The van der Waals surface area contributed by atoms with Crippen molar-refractivity contribution in [3.63, 3.8) is 0 Å². The molecule has 1 atom stereocenters. The lowest BCUT2D eigenvalue weighted by Crippen LogP contribution is -2.54. The molecule has 0 spiro atoms. The molecule has 3 heteroatoms. The third-order valence-electron chi connectivity index (χ3n) is 3.91. The van der Waals surface area contributed by atoms with Crippen LogP contribution in [0.2, 0.25) is 0 Å². The van der Waals surface area contributed by atoms with E-state index >= 15 is 0 Å². The Labute approximate surface area is 97.9 Å². The van der Waals surface area contributed by atoms with Gasteiger partial charge in [0.25, 0.3) is 0 Å². The highest BCUT2D eigenvalue weighted by molar-refractivity contribution is 5.80. The van der Waals surface area contributed by atoms with Gasteiger partial charge < -0.3 is 4.74 Å². The summed E-state index contributed by atoms with van der Waals surface area (Å²) in [5, 5.41) is 3.54. The first-order chi connectivity index (χ1) is 7.64. The molecule has 92 valence electrons. The summed E-state index contributed by atoms with van der Waals surface area (Å²) in [5.74, 6) is 0.643. The van der Waals surface area contributed by atoms with Gasteiger partial charge in [0, 0.05) is 6.04 Å². The van der Waals surface area contributed by atoms with E-state index in [1.54, 1.807) is 0 Å². The Morgan fingerprint density at radius 2 is 1.94 bits per heavy atom. The summed E-state index contributed by atoms with van der Waals surface area (Å²) in [6.07, 6.45) is 8.49. The zero-order valence-corrected chi connectivity index (χ0v) is 10.4. The van der Waals surface area contributed by atoms with Crippen molar-refractivity contribution in [2.24, 2.45) is 5.92 Å². The summed E-state index contributed by atoms with van der Waals surface area (Å²) in [6.45, 7) is 2.01. The van der Waals surface area contributed by atoms with Crippen molar-refractivity contribution < 1.29 is 9.53 Å². The Bertz CT molecular complexity index is 257. The molecule has 0 saturated heterocycles. The smallest absolute Gasteiger partial charge is 0.325 e. The molecule has 0 aromatic rings. The van der Waals surface area contributed by atoms with Crippen LogP contribution in [-0.4, -0.2) is 24.7 Å². The third kappa shape index (κ3) is 2.76. The lowest BCUT2D eigenvalue weighted by atomic mass is 9.93. The summed E-state index contributed by atoms with van der Waals surface area (Å²) in [5.41, 5.74) is -0.453. The molecule has 0 aromatic carbocycles. The number of carbonyl (C=O) groups is 1. The quantitative estimate of drug-likeness (QED) is 0.729. The average molecular weight is 225 g/mol. The highest BCUT2D eigenvalue weighted by atomic mass is 16.5. The first kappa shape index (κ1) is 11.9. The first-order valence-electron chi connectivity index (χ1n) is 6.50. The van der Waals surface area contributed by atoms with Gasteiger partial charge in [-0.05, 0) is 32.1 Å². The molecule has 2 aliphatic carbocycles. The first-order valence-corrected chi connectivity index (χ1v) is 6.50. The van der Waals surface area contributed by atoms with E-state index in [1.165, 1.54) is 45.6 Å². The van der Waals surface area contributed by atoms with Crippen LogP contribution in [0.15, 0.2) is 0 Å². The Balaban J connectivity index is 1.96. The van der Waals surface area contributed by atoms with Crippen molar-refractivity contribution in [3.05, 3.63) is 0 Å². The van der Waals surface area contributed by atoms with Crippen LogP contribution in [0.25, 0.3) is 0 Å². The molecule has 0 bridgehead atoms. The monoisotopic (exact) mass is 225 g/mol. The van der Waals surface area contributed by atoms with E-state index < -0.39 is 5.54 Å². The van der Waals surface area contributed by atoms with Crippen LogP contribution in [-0.2, 0) is 9.53 Å². The normalized spacial score (nSPS) is 25.4. The van der Waals surface area contributed by atoms with Crippen LogP contribution in [0.3, 0.4) is 0 Å². The Morgan fingerprint density at radius 1 is 1.31 bits per heavy atom. The van der Waals surface area contributed by atoms with Crippen LogP contribution in [0.5, 0.6) is 0 Å². The molecular formula is C13H23NO2. The summed E-state index contributed by atoms with van der Waals surface area (Å²) in [6, 6.07) is 0.517. The molecule has 2 aliphatic rings. The zero-order valence-electron chi connectivity index (χ0n) is 10.4. The van der Waals surface area contributed by atoms with Gasteiger partial charge in [0.1, 0.15) is 5.54 Å². The summed E-state index contributed by atoms with van der Waals surface area (Å²) in [7, 11) is 1.49. The molecule has 1 N–H and O–H groups in total. The van der Waals surface area contributed by atoms with Crippen molar-refractivity contribution in [2.45, 2.75) is 63.5 Å². The number of rotatable bonds is 5. The van der Waals surface area contributed by atoms with Crippen molar-refractivity contribution in [2.75, 3.05) is 7.11 Å². The maximum absolute atomic E-state index is 11.9. The topological polar surface area (TPSA) is 38.3 Å². The Kier molecular flexibility index (Phi) is 3.53. The maximum Gasteiger partial charge on any atom is 0.325 e. The molecular weight excluding hydrogens is 202 g/mol. The highest BCUT2D eigenvalue weighted by Gasteiger charge is 2.41. The summed E-state index contributed by atoms with van der Waals surface area (Å²) >= 11 is 0. The van der Waals surface area contributed by atoms with E-state index in [1.807, 2.05) is 6.92 Å². The lowest BCUT2D eigenvalue weighted by Gasteiger charge is -2.31. The molecule has 16 heavy (non-hydrogen) atoms. The molecule has 3 nitrogen and oxygen atoms in total. The SMILES string of the molecule is COC(=O)C(C)(CC1CC1)NC1CCCC1. The molecule has 0 aromatic heterocycles. The van der Waals surface area contributed by atoms with Gasteiger partial charge in [0.05, 0.1) is 7.11 Å². The standard InChI is InChI=1S/C13H23NO2/c1-13(12(15)16-2,9-10-7-8-10)14-11-5-3-4-6-11/h10-11,14H,3-9H2,1-2H3. The summed E-state index contributed by atoms with van der Waals surface area (Å²) < 4.78 is 4.95. The number of nitrogens with one attached hydrogen (secondary N) is 1. The zero-order chi connectivity index (χ0) is 11.6. The fraction of sp³-hybridized carbons (Fsp3) is 0.923. The molecule has 0 radical (unpaired) electrons. The minimum atomic E-state index is -0.453. The van der Waals surface area contributed by atoms with E-state index in [4.69, 9.17) is 4.74 Å². The summed E-state index contributed by atoms with van der Waals surface area (Å²) in [4.78, 5) is 11.9. The van der Waals surface area contributed by atoms with Crippen LogP contribution in [0, 0.1) is 5.92 Å². The van der Waals surface area contributed by atoms with E-state index in [0.29, 0.717) is 6.04 Å². The fourth-order valence-electron chi connectivity index (χ4n) is 2.85. The van der Waals surface area contributed by atoms with Crippen molar-refractivity contribution in [1.82, 2.24) is 5.32 Å². The number of methoxy groups -OCH3 is 1. The van der Waals surface area contributed by atoms with Gasteiger partial charge in [-0.3, -0.25) is 10.1 Å². The van der Waals surface area contributed by atoms with E-state index in [9.17, 15) is 4.79 Å². The second-order valence-corrected chi connectivity index (χ2v) is 5.60. The van der Waals surface area contributed by atoms with Crippen molar-refractivity contribution in [3.8, 4) is 0 Å². The Morgan fingerprint density at radius 3 is 2.44 bits per heavy atom. The minimum Gasteiger partial charge on any atom is -0.468 e. The number of hydrogen-bond acceptors (Lipinski definition) is 3. The average Bonchev–Trinajstić information content (AvgIpc) is 2.91. The number of carbonyl (C=O) groups excluding carboxylic acids is 1. The van der Waals surface area contributed by atoms with Gasteiger partial charge in [-0.25, -0.2) is 0 Å². The van der Waals surface area contributed by atoms with Gasteiger partial charge >= 0.3 is 5.97 Å². The van der Waals surface area contributed by atoms with Crippen LogP contribution in [0.1, 0.15) is 51.9 Å². The fourth-order valence-corrected chi connectivity index (χ4v) is 2.85. The van der Waals surface area contributed by atoms with Gasteiger partial charge in [-0.15, -0.1) is 0 Å². The van der Waals surface area contributed by atoms with Crippen LogP contribution in [0.4, 0.5) is 0 Å². The van der Waals surface area contributed by atoms with Gasteiger partial charge in [-0.1, -0.05) is 25.7 Å². The largest absolute Gasteiger partial charge is 0.468 e. The lowest BCUT2D eigenvalue weighted by molar-refractivity contribution is -0.148. The molecule has 0 heterocycles. The molecule has 0 amide bonds. The number of esters is 1. The molecule has 0 aliphatic heterocycles. The second-order valence-electron chi connectivity index (χ2n) is 5.60. The van der Waals surface area contributed by atoms with E-state index in [-0.39, 0.29) is 5.97 Å². The Hall–Kier alpha value is -0.570. The number of ether oxygens (including phenoxy) is 1. The molecule has 2 saturated carbocycles. The predicted octanol–water partition coefficient (Wildman–Crippen LogP) is 2.25. The van der Waals surface area contributed by atoms with Crippen LogP contribution < -0.4 is 5.32 Å². The van der Waals surface area contributed by atoms with Gasteiger partial charge in [0.15, 0.2) is 0 Å². The van der Waals surface area contributed by atoms with E-state index in [0.717, 1.165) is 12.3 Å². The predicted molar refractivity (Wildman–Crippen MR) is 63.2 cm³/mol. The van der Waals surface area contributed by atoms with E-state index in [2.05, 4.69) is 5.32 Å². The highest BCUT2D eigenvalue weighted by Crippen LogP contribution is 2.37. The minimum absolute atomic E-state index is 0.0914. The van der Waals surface area contributed by atoms with Gasteiger partial charge in [-0.2, -0.15) is 0 Å². The van der Waals surface area contributed by atoms with Crippen LogP contribution >= 0.6 is 0 Å². The number of hydrogen-bond donors (Lipinski definition) is 1. The molecule has 1 unspecified atom stereocenters. The second kappa shape index (κ2) is 4.74. The molecule has 2 rings (SSSR count). The maximum atomic E-state index is 11.9. The van der Waals surface area contributed by atoms with Crippen molar-refractivity contribution in [1.29, 1.82) is 0 Å². The molecule has 2 fully saturated rings.